The van der Waals surface area contributed by atoms with Gasteiger partial charge in [0.15, 0.2) is 10.4 Å². The zero-order valence-corrected chi connectivity index (χ0v) is 12.7. The number of hydrogen-bond donors (Lipinski definition) is 1. The maximum atomic E-state index is 12.9. The van der Waals surface area contributed by atoms with Crippen molar-refractivity contribution in [3.05, 3.63) is 51.3 Å². The minimum absolute atomic E-state index is 0.281. The van der Waals surface area contributed by atoms with Crippen molar-refractivity contribution in [3.63, 3.8) is 0 Å². The maximum absolute atomic E-state index is 12.9. The molecule has 108 valence electrons. The Morgan fingerprint density at radius 2 is 2.00 bits per heavy atom. The van der Waals surface area contributed by atoms with E-state index >= 15 is 0 Å². The van der Waals surface area contributed by atoms with Gasteiger partial charge in [0.05, 0.1) is 16.8 Å². The van der Waals surface area contributed by atoms with Crippen LogP contribution in [-0.4, -0.2) is 14.5 Å². The van der Waals surface area contributed by atoms with Crippen LogP contribution in [0.2, 0.25) is 0 Å². The fourth-order valence-electron chi connectivity index (χ4n) is 2.02. The molecule has 0 saturated carbocycles. The molecule has 0 aliphatic carbocycles. The third-order valence-electron chi connectivity index (χ3n) is 2.96. The highest BCUT2D eigenvalue weighted by atomic mass is 79.9. The minimum atomic E-state index is -4.42. The largest absolute Gasteiger partial charge is 0.416 e. The van der Waals surface area contributed by atoms with Crippen molar-refractivity contribution in [1.29, 1.82) is 0 Å². The lowest BCUT2D eigenvalue weighted by molar-refractivity contribution is -0.137. The normalized spacial score (nSPS) is 12.0. The lowest BCUT2D eigenvalue weighted by Gasteiger charge is -2.11. The first-order valence-corrected chi connectivity index (χ1v) is 7.01. The Kier molecular flexibility index (Phi) is 3.37. The highest BCUT2D eigenvalue weighted by Gasteiger charge is 2.31. The number of pyridine rings is 1. The van der Waals surface area contributed by atoms with Crippen LogP contribution in [0, 0.1) is 4.77 Å². The first-order valence-electron chi connectivity index (χ1n) is 5.81. The fraction of sp³-hybridized carbons (Fsp3) is 0.0769. The molecule has 0 atom stereocenters. The van der Waals surface area contributed by atoms with Crippen LogP contribution in [-0.2, 0) is 6.18 Å². The van der Waals surface area contributed by atoms with Gasteiger partial charge < -0.3 is 4.98 Å². The topological polar surface area (TPSA) is 33.6 Å². The van der Waals surface area contributed by atoms with Crippen molar-refractivity contribution in [2.45, 2.75) is 6.18 Å². The summed E-state index contributed by atoms with van der Waals surface area (Å²) in [6.07, 6.45) is -2.86. The van der Waals surface area contributed by atoms with E-state index in [0.717, 1.165) is 12.1 Å². The van der Waals surface area contributed by atoms with Crippen molar-refractivity contribution >= 4 is 39.3 Å². The SMILES string of the molecule is FC(F)(F)c1ccc(Br)c(-n2c(=S)[nH]c3cccnc32)c1. The molecule has 2 heterocycles. The number of benzene rings is 1. The highest BCUT2D eigenvalue weighted by molar-refractivity contribution is 9.10. The average Bonchev–Trinajstić information content (AvgIpc) is 2.74. The Balaban J connectivity index is 2.33. The van der Waals surface area contributed by atoms with Crippen molar-refractivity contribution in [1.82, 2.24) is 14.5 Å². The summed E-state index contributed by atoms with van der Waals surface area (Å²) in [6, 6.07) is 6.89. The Morgan fingerprint density at radius 1 is 1.24 bits per heavy atom. The van der Waals surface area contributed by atoms with Gasteiger partial charge in [0, 0.05) is 10.7 Å². The van der Waals surface area contributed by atoms with E-state index in [4.69, 9.17) is 12.2 Å². The van der Waals surface area contributed by atoms with Crippen molar-refractivity contribution in [3.8, 4) is 5.69 Å². The molecule has 8 heteroatoms. The van der Waals surface area contributed by atoms with Crippen LogP contribution in [0.4, 0.5) is 13.2 Å². The summed E-state index contributed by atoms with van der Waals surface area (Å²) in [7, 11) is 0. The first kappa shape index (κ1) is 14.3. The van der Waals surface area contributed by atoms with Gasteiger partial charge in [0.1, 0.15) is 0 Å². The number of nitrogens with zero attached hydrogens (tertiary/aromatic N) is 2. The average molecular weight is 374 g/mol. The third kappa shape index (κ3) is 2.49. The third-order valence-corrected chi connectivity index (χ3v) is 3.91. The molecule has 0 bridgehead atoms. The van der Waals surface area contributed by atoms with E-state index in [0.29, 0.717) is 21.3 Å². The molecule has 0 spiro atoms. The van der Waals surface area contributed by atoms with Gasteiger partial charge in [-0.15, -0.1) is 0 Å². The van der Waals surface area contributed by atoms with E-state index in [1.807, 2.05) is 0 Å². The zero-order valence-electron chi connectivity index (χ0n) is 10.3. The molecule has 0 aliphatic heterocycles. The second-order valence-corrected chi connectivity index (χ2v) is 5.55. The molecule has 3 aromatic rings. The summed E-state index contributed by atoms with van der Waals surface area (Å²) < 4.78 is 40.9. The summed E-state index contributed by atoms with van der Waals surface area (Å²) in [5, 5.41) is 0. The van der Waals surface area contributed by atoms with Crippen molar-refractivity contribution < 1.29 is 13.2 Å². The van der Waals surface area contributed by atoms with Crippen molar-refractivity contribution in [2.24, 2.45) is 0 Å². The molecule has 0 aliphatic rings. The Hall–Kier alpha value is -1.67. The molecular weight excluding hydrogens is 367 g/mol. The molecule has 0 saturated heterocycles. The summed E-state index contributed by atoms with van der Waals surface area (Å²) >= 11 is 8.46. The fourth-order valence-corrected chi connectivity index (χ4v) is 2.74. The number of aromatic amines is 1. The first-order chi connectivity index (χ1) is 9.88. The second-order valence-electron chi connectivity index (χ2n) is 4.30. The molecule has 21 heavy (non-hydrogen) atoms. The Labute approximate surface area is 130 Å². The summed E-state index contributed by atoms with van der Waals surface area (Å²) in [5.41, 5.74) is 0.682. The van der Waals surface area contributed by atoms with Gasteiger partial charge in [-0.1, -0.05) is 0 Å². The number of rotatable bonds is 1. The number of hydrogen-bond acceptors (Lipinski definition) is 2. The molecule has 3 rings (SSSR count). The molecule has 3 nitrogen and oxygen atoms in total. The van der Waals surface area contributed by atoms with Gasteiger partial charge in [0.25, 0.3) is 0 Å². The lowest BCUT2D eigenvalue weighted by Crippen LogP contribution is -2.07. The van der Waals surface area contributed by atoms with Crippen molar-refractivity contribution in [2.75, 3.05) is 0 Å². The number of halogens is 4. The molecular formula is C13H7BrF3N3S. The molecule has 0 radical (unpaired) electrons. The number of H-pyrrole nitrogens is 1. The number of alkyl halides is 3. The van der Waals surface area contributed by atoms with Gasteiger partial charge in [-0.2, -0.15) is 13.2 Å². The monoisotopic (exact) mass is 373 g/mol. The predicted octanol–water partition coefficient (Wildman–Crippen LogP) is 4.86. The van der Waals surface area contributed by atoms with Crippen LogP contribution in [0.1, 0.15) is 5.56 Å². The number of aromatic nitrogens is 3. The Bertz CT molecular complexity index is 882. The number of fused-ring (bicyclic) bond motifs is 1. The van der Waals surface area contributed by atoms with Gasteiger partial charge in [-0.3, -0.25) is 4.57 Å². The summed E-state index contributed by atoms with van der Waals surface area (Å²) in [6.45, 7) is 0. The van der Waals surface area contributed by atoms with E-state index < -0.39 is 11.7 Å². The van der Waals surface area contributed by atoms with Crippen LogP contribution < -0.4 is 0 Å². The van der Waals surface area contributed by atoms with E-state index in [1.165, 1.54) is 10.6 Å². The zero-order chi connectivity index (χ0) is 15.2. The minimum Gasteiger partial charge on any atom is -0.329 e. The van der Waals surface area contributed by atoms with E-state index in [9.17, 15) is 13.2 Å². The number of nitrogens with one attached hydrogen (secondary N) is 1. The van der Waals surface area contributed by atoms with Crippen LogP contribution in [0.25, 0.3) is 16.9 Å². The van der Waals surface area contributed by atoms with Gasteiger partial charge in [-0.25, -0.2) is 4.98 Å². The van der Waals surface area contributed by atoms with E-state index in [1.54, 1.807) is 18.3 Å². The lowest BCUT2D eigenvalue weighted by atomic mass is 10.2. The number of imidazole rings is 1. The molecule has 0 amide bonds. The maximum Gasteiger partial charge on any atom is 0.416 e. The quantitative estimate of drug-likeness (QED) is 0.617. The highest BCUT2D eigenvalue weighted by Crippen LogP contribution is 2.34. The molecule has 0 unspecified atom stereocenters. The van der Waals surface area contributed by atoms with E-state index in [-0.39, 0.29) is 4.77 Å². The predicted molar refractivity (Wildman–Crippen MR) is 79.0 cm³/mol. The van der Waals surface area contributed by atoms with Gasteiger partial charge >= 0.3 is 6.18 Å². The van der Waals surface area contributed by atoms with E-state index in [2.05, 4.69) is 25.9 Å². The van der Waals surface area contributed by atoms with Gasteiger partial charge in [0.2, 0.25) is 0 Å². The molecule has 1 aromatic carbocycles. The van der Waals surface area contributed by atoms with Crippen LogP contribution in [0.3, 0.4) is 0 Å². The van der Waals surface area contributed by atoms with Crippen LogP contribution in [0.5, 0.6) is 0 Å². The van der Waals surface area contributed by atoms with Gasteiger partial charge in [-0.05, 0) is 58.5 Å². The molecule has 1 N–H and O–H groups in total. The van der Waals surface area contributed by atoms with Crippen LogP contribution >= 0.6 is 28.1 Å². The van der Waals surface area contributed by atoms with Crippen LogP contribution in [0.15, 0.2) is 41.0 Å². The second kappa shape index (κ2) is 4.96. The molecule has 0 fully saturated rings. The smallest absolute Gasteiger partial charge is 0.329 e. The Morgan fingerprint density at radius 3 is 2.71 bits per heavy atom. The summed E-state index contributed by atoms with van der Waals surface area (Å²) in [5.74, 6) is 0. The molecule has 2 aromatic heterocycles. The standard InChI is InChI=1S/C13H7BrF3N3S/c14-8-4-3-7(13(15,16)17)6-10(8)20-11-9(19-12(20)21)2-1-5-18-11/h1-6H,(H,19,21). The summed E-state index contributed by atoms with van der Waals surface area (Å²) in [4.78, 5) is 7.10.